The van der Waals surface area contributed by atoms with E-state index in [2.05, 4.69) is 41.9 Å². The maximum absolute atomic E-state index is 11.3. The Morgan fingerprint density at radius 1 is 1.25 bits per heavy atom. The second kappa shape index (κ2) is 5.45. The van der Waals surface area contributed by atoms with Gasteiger partial charge in [-0.1, -0.05) is 0 Å². The minimum absolute atomic E-state index is 0.501. The molecule has 0 heterocycles. The fourth-order valence-electron chi connectivity index (χ4n) is 1.08. The highest BCUT2D eigenvalue weighted by Gasteiger charge is 2.17. The molecule has 86 valence electrons. The largest absolute Gasteiger partial charge is 0.462 e. The summed E-state index contributed by atoms with van der Waals surface area (Å²) in [5, 5.41) is 2.45. The van der Waals surface area contributed by atoms with Gasteiger partial charge in [-0.3, -0.25) is 4.79 Å². The molecule has 1 rings (SSSR count). The number of halogens is 2. The van der Waals surface area contributed by atoms with Crippen molar-refractivity contribution in [2.75, 3.05) is 12.4 Å². The van der Waals surface area contributed by atoms with Gasteiger partial charge in [0.2, 0.25) is 0 Å². The molecular formula is C10H9Br2NO3. The van der Waals surface area contributed by atoms with E-state index in [9.17, 15) is 9.59 Å². The molecule has 0 radical (unpaired) electrons. The Hall–Kier alpha value is -0.880. The Labute approximate surface area is 110 Å². The van der Waals surface area contributed by atoms with Crippen molar-refractivity contribution in [3.63, 3.8) is 0 Å². The van der Waals surface area contributed by atoms with Crippen LogP contribution in [0.3, 0.4) is 0 Å². The zero-order valence-electron chi connectivity index (χ0n) is 8.64. The zero-order chi connectivity index (χ0) is 12.3. The molecule has 4 nitrogen and oxygen atoms in total. The Kier molecular flexibility index (Phi) is 4.49. The van der Waals surface area contributed by atoms with Crippen molar-refractivity contribution in [3.05, 3.63) is 26.6 Å². The van der Waals surface area contributed by atoms with Crippen LogP contribution in [0.5, 0.6) is 0 Å². The van der Waals surface area contributed by atoms with Crippen LogP contribution in [0.1, 0.15) is 5.56 Å². The van der Waals surface area contributed by atoms with Gasteiger partial charge in [0.15, 0.2) is 0 Å². The molecule has 0 spiro atoms. The van der Waals surface area contributed by atoms with Crippen molar-refractivity contribution in [2.45, 2.75) is 6.92 Å². The molecule has 0 bridgehead atoms. The quantitative estimate of drug-likeness (QED) is 0.625. The molecule has 1 aromatic carbocycles. The number of carbonyl (C=O) groups excluding carboxylic acids is 2. The second-order valence-corrected chi connectivity index (χ2v) is 4.76. The summed E-state index contributed by atoms with van der Waals surface area (Å²) in [6, 6.07) is 3.66. The number of carbonyl (C=O) groups is 2. The summed E-state index contributed by atoms with van der Waals surface area (Å²) in [4.78, 5) is 22.2. The van der Waals surface area contributed by atoms with Gasteiger partial charge in [0.1, 0.15) is 0 Å². The van der Waals surface area contributed by atoms with Crippen LogP contribution in [0, 0.1) is 6.92 Å². The summed E-state index contributed by atoms with van der Waals surface area (Å²) >= 11 is 6.60. The number of amides is 1. The van der Waals surface area contributed by atoms with Crippen molar-refractivity contribution < 1.29 is 14.3 Å². The van der Waals surface area contributed by atoms with E-state index in [0.29, 0.717) is 14.6 Å². The monoisotopic (exact) mass is 349 g/mol. The second-order valence-electron chi connectivity index (χ2n) is 3.05. The van der Waals surface area contributed by atoms with E-state index in [1.807, 2.05) is 19.1 Å². The third-order valence-corrected chi connectivity index (χ3v) is 3.05. The standard InChI is InChI=1S/C10H9Br2NO3/c1-5-3-6(11)8(7(12)4-5)13-9(14)10(15)16-2/h3-4H,1-2H3,(H,13,14). The molecule has 1 N–H and O–H groups in total. The third-order valence-electron chi connectivity index (χ3n) is 1.80. The molecule has 0 aliphatic rings. The van der Waals surface area contributed by atoms with E-state index in [-0.39, 0.29) is 0 Å². The lowest BCUT2D eigenvalue weighted by Gasteiger charge is -2.09. The van der Waals surface area contributed by atoms with Crippen molar-refractivity contribution >= 4 is 49.4 Å². The number of anilines is 1. The number of rotatable bonds is 1. The van der Waals surface area contributed by atoms with Gasteiger partial charge in [-0.25, -0.2) is 4.79 Å². The molecular weight excluding hydrogens is 342 g/mol. The first-order valence-corrected chi connectivity index (χ1v) is 5.89. The number of hydrogen-bond acceptors (Lipinski definition) is 3. The summed E-state index contributed by atoms with van der Waals surface area (Å²) in [7, 11) is 1.15. The summed E-state index contributed by atoms with van der Waals surface area (Å²) in [5.41, 5.74) is 1.52. The fourth-order valence-corrected chi connectivity index (χ4v) is 2.69. The van der Waals surface area contributed by atoms with Gasteiger partial charge in [0.05, 0.1) is 12.8 Å². The van der Waals surface area contributed by atoms with Crippen LogP contribution in [0.25, 0.3) is 0 Å². The van der Waals surface area contributed by atoms with E-state index in [1.165, 1.54) is 0 Å². The van der Waals surface area contributed by atoms with E-state index < -0.39 is 11.9 Å². The van der Waals surface area contributed by atoms with Gasteiger partial charge in [-0.2, -0.15) is 0 Å². The number of methoxy groups -OCH3 is 1. The van der Waals surface area contributed by atoms with Crippen LogP contribution in [0.15, 0.2) is 21.1 Å². The average Bonchev–Trinajstić information content (AvgIpc) is 2.21. The lowest BCUT2D eigenvalue weighted by Crippen LogP contribution is -2.24. The first-order chi connectivity index (χ1) is 7.45. The Balaban J connectivity index is 2.98. The van der Waals surface area contributed by atoms with Crippen molar-refractivity contribution in [1.29, 1.82) is 0 Å². The Morgan fingerprint density at radius 3 is 2.19 bits per heavy atom. The van der Waals surface area contributed by atoms with Crippen LogP contribution in [-0.2, 0) is 14.3 Å². The van der Waals surface area contributed by atoms with E-state index in [1.54, 1.807) is 0 Å². The topological polar surface area (TPSA) is 55.4 Å². The summed E-state index contributed by atoms with van der Waals surface area (Å²) < 4.78 is 5.69. The molecule has 1 amide bonds. The SMILES string of the molecule is COC(=O)C(=O)Nc1c(Br)cc(C)cc1Br. The van der Waals surface area contributed by atoms with Gasteiger partial charge in [-0.15, -0.1) is 0 Å². The summed E-state index contributed by atoms with van der Waals surface area (Å²) in [5.74, 6) is -1.74. The van der Waals surface area contributed by atoms with E-state index >= 15 is 0 Å². The molecule has 0 fully saturated rings. The van der Waals surface area contributed by atoms with Gasteiger partial charge >= 0.3 is 11.9 Å². The lowest BCUT2D eigenvalue weighted by molar-refractivity contribution is -0.150. The first kappa shape index (κ1) is 13.2. The van der Waals surface area contributed by atoms with Crippen LogP contribution in [0.2, 0.25) is 0 Å². The van der Waals surface area contributed by atoms with Gasteiger partial charge < -0.3 is 10.1 Å². The van der Waals surface area contributed by atoms with E-state index in [0.717, 1.165) is 12.7 Å². The molecule has 0 atom stereocenters. The molecule has 0 aliphatic heterocycles. The first-order valence-electron chi connectivity index (χ1n) is 4.30. The van der Waals surface area contributed by atoms with Crippen LogP contribution < -0.4 is 5.32 Å². The lowest BCUT2D eigenvalue weighted by atomic mass is 10.2. The predicted molar refractivity (Wildman–Crippen MR) is 67.2 cm³/mol. The van der Waals surface area contributed by atoms with Crippen molar-refractivity contribution in [1.82, 2.24) is 0 Å². The smallest absolute Gasteiger partial charge is 0.396 e. The molecule has 0 aliphatic carbocycles. The Bertz CT molecular complexity index is 423. The number of esters is 1. The van der Waals surface area contributed by atoms with Crippen LogP contribution in [-0.4, -0.2) is 19.0 Å². The predicted octanol–water partition coefficient (Wildman–Crippen LogP) is 2.63. The van der Waals surface area contributed by atoms with Gasteiger partial charge in [0.25, 0.3) is 0 Å². The van der Waals surface area contributed by atoms with Gasteiger partial charge in [-0.05, 0) is 56.5 Å². The number of aryl methyl sites for hydroxylation is 1. The number of hydrogen-bond donors (Lipinski definition) is 1. The molecule has 6 heteroatoms. The molecule has 1 aromatic rings. The molecule has 0 unspecified atom stereocenters. The maximum Gasteiger partial charge on any atom is 0.396 e. The molecule has 16 heavy (non-hydrogen) atoms. The molecule has 0 saturated carbocycles. The molecule has 0 saturated heterocycles. The maximum atomic E-state index is 11.3. The summed E-state index contributed by atoms with van der Waals surface area (Å²) in [6.45, 7) is 1.92. The molecule has 0 aromatic heterocycles. The number of nitrogens with one attached hydrogen (secondary N) is 1. The average molecular weight is 351 g/mol. The van der Waals surface area contributed by atoms with Crippen molar-refractivity contribution in [3.8, 4) is 0 Å². The minimum atomic E-state index is -0.931. The van der Waals surface area contributed by atoms with Crippen LogP contribution in [0.4, 0.5) is 5.69 Å². The highest BCUT2D eigenvalue weighted by molar-refractivity contribution is 9.11. The van der Waals surface area contributed by atoms with Crippen LogP contribution >= 0.6 is 31.9 Å². The van der Waals surface area contributed by atoms with Crippen molar-refractivity contribution in [2.24, 2.45) is 0 Å². The highest BCUT2D eigenvalue weighted by Crippen LogP contribution is 2.32. The normalized spacial score (nSPS) is 9.75. The zero-order valence-corrected chi connectivity index (χ0v) is 11.8. The van der Waals surface area contributed by atoms with E-state index in [4.69, 9.17) is 0 Å². The Morgan fingerprint density at radius 2 is 1.75 bits per heavy atom. The summed E-state index contributed by atoms with van der Waals surface area (Å²) in [6.07, 6.45) is 0. The third kappa shape index (κ3) is 3.05. The fraction of sp³-hybridized carbons (Fsp3) is 0.200. The minimum Gasteiger partial charge on any atom is -0.462 e. The van der Waals surface area contributed by atoms with Gasteiger partial charge in [0, 0.05) is 8.95 Å². The number of ether oxygens (including phenoxy) is 1. The highest BCUT2D eigenvalue weighted by atomic mass is 79.9. The number of benzene rings is 1.